The van der Waals surface area contributed by atoms with Crippen LogP contribution in [0.3, 0.4) is 0 Å². The molecule has 3 rings (SSSR count). The van der Waals surface area contributed by atoms with Crippen LogP contribution in [-0.2, 0) is 6.42 Å². The summed E-state index contributed by atoms with van der Waals surface area (Å²) in [6, 6.07) is 3.82. The Morgan fingerprint density at radius 2 is 2.32 bits per heavy atom. The predicted octanol–water partition coefficient (Wildman–Crippen LogP) is 4.99. The van der Waals surface area contributed by atoms with E-state index in [0.29, 0.717) is 6.04 Å². The Kier molecular flexibility index (Phi) is 5.15. The first-order chi connectivity index (χ1) is 9.26. The largest absolute Gasteiger partial charge is 0.307 e. The summed E-state index contributed by atoms with van der Waals surface area (Å²) < 4.78 is 1.46. The van der Waals surface area contributed by atoms with Crippen molar-refractivity contribution in [1.82, 2.24) is 5.32 Å². The van der Waals surface area contributed by atoms with E-state index < -0.39 is 0 Å². The van der Waals surface area contributed by atoms with Crippen LogP contribution in [0.25, 0.3) is 0 Å². The first kappa shape index (κ1) is 14.7. The Bertz CT molecular complexity index is 432. The molecule has 0 amide bonds. The highest BCUT2D eigenvalue weighted by molar-refractivity contribution is 14.1. The lowest BCUT2D eigenvalue weighted by atomic mass is 9.93. The van der Waals surface area contributed by atoms with E-state index in [4.69, 9.17) is 0 Å². The predicted molar refractivity (Wildman–Crippen MR) is 95.4 cm³/mol. The monoisotopic (exact) mass is 407 g/mol. The molecule has 1 fully saturated rings. The number of halogens is 1. The van der Waals surface area contributed by atoms with Crippen LogP contribution in [0.1, 0.15) is 55.5 Å². The number of thiophene rings is 1. The van der Waals surface area contributed by atoms with Gasteiger partial charge >= 0.3 is 0 Å². The van der Waals surface area contributed by atoms with Crippen molar-refractivity contribution in [3.05, 3.63) is 19.4 Å². The summed E-state index contributed by atoms with van der Waals surface area (Å²) in [5, 5.41) is 4.88. The minimum absolute atomic E-state index is 0.638. The van der Waals surface area contributed by atoms with Crippen LogP contribution >= 0.6 is 45.7 Å². The van der Waals surface area contributed by atoms with E-state index in [-0.39, 0.29) is 0 Å². The van der Waals surface area contributed by atoms with Gasteiger partial charge in [0.15, 0.2) is 0 Å². The van der Waals surface area contributed by atoms with E-state index in [0.717, 1.165) is 11.3 Å². The quantitative estimate of drug-likeness (QED) is 0.706. The highest BCUT2D eigenvalue weighted by Gasteiger charge is 2.29. The fourth-order valence-electron chi connectivity index (χ4n) is 3.46. The van der Waals surface area contributed by atoms with E-state index in [1.54, 1.807) is 10.4 Å². The summed E-state index contributed by atoms with van der Waals surface area (Å²) in [4.78, 5) is 1.64. The maximum Gasteiger partial charge on any atom is 0.0659 e. The molecule has 3 unspecified atom stereocenters. The molecule has 2 aliphatic carbocycles. The van der Waals surface area contributed by atoms with E-state index in [1.807, 2.05) is 11.3 Å². The molecule has 106 valence electrons. The number of hydrogen-bond acceptors (Lipinski definition) is 3. The first-order valence-corrected chi connectivity index (χ1v) is 10.4. The van der Waals surface area contributed by atoms with Gasteiger partial charge in [0, 0.05) is 22.2 Å². The molecule has 0 radical (unpaired) electrons. The molecule has 0 aliphatic heterocycles. The van der Waals surface area contributed by atoms with Gasteiger partial charge in [0.05, 0.1) is 2.88 Å². The van der Waals surface area contributed by atoms with Crippen LogP contribution in [0, 0.1) is 2.88 Å². The zero-order valence-corrected chi connectivity index (χ0v) is 15.2. The van der Waals surface area contributed by atoms with E-state index in [9.17, 15) is 0 Å². The molecule has 3 atom stereocenters. The van der Waals surface area contributed by atoms with Crippen molar-refractivity contribution in [2.75, 3.05) is 5.75 Å². The second kappa shape index (κ2) is 6.67. The average Bonchev–Trinajstić information content (AvgIpc) is 2.96. The Morgan fingerprint density at radius 1 is 1.42 bits per heavy atom. The maximum absolute atomic E-state index is 3.97. The van der Waals surface area contributed by atoms with E-state index >= 15 is 0 Å². The van der Waals surface area contributed by atoms with Gasteiger partial charge in [0.25, 0.3) is 0 Å². The van der Waals surface area contributed by atoms with Crippen LogP contribution in [0.4, 0.5) is 0 Å². The highest BCUT2D eigenvalue weighted by Crippen LogP contribution is 2.38. The molecule has 1 N–H and O–H groups in total. The van der Waals surface area contributed by atoms with Crippen molar-refractivity contribution >= 4 is 45.7 Å². The van der Waals surface area contributed by atoms with Gasteiger partial charge in [0.2, 0.25) is 0 Å². The Morgan fingerprint density at radius 3 is 3.16 bits per heavy atom. The fourth-order valence-corrected chi connectivity index (χ4v) is 6.72. The molecular formula is C15H22INS2. The van der Waals surface area contributed by atoms with Crippen molar-refractivity contribution in [1.29, 1.82) is 0 Å². The molecule has 0 bridgehead atoms. The van der Waals surface area contributed by atoms with E-state index in [2.05, 4.69) is 52.7 Å². The normalized spacial score (nSPS) is 30.5. The topological polar surface area (TPSA) is 12.0 Å². The Hall–Kier alpha value is 0.740. The Balaban J connectivity index is 1.62. The lowest BCUT2D eigenvalue weighted by molar-refractivity contribution is 0.400. The van der Waals surface area contributed by atoms with Gasteiger partial charge in [-0.2, -0.15) is 11.8 Å². The molecule has 1 heterocycles. The van der Waals surface area contributed by atoms with Crippen molar-refractivity contribution in [2.24, 2.45) is 0 Å². The van der Waals surface area contributed by atoms with Crippen LogP contribution in [0.15, 0.2) is 6.07 Å². The van der Waals surface area contributed by atoms with Crippen molar-refractivity contribution in [3.63, 3.8) is 0 Å². The van der Waals surface area contributed by atoms with Gasteiger partial charge in [-0.05, 0) is 78.5 Å². The van der Waals surface area contributed by atoms with Crippen molar-refractivity contribution in [2.45, 2.75) is 62.8 Å². The van der Waals surface area contributed by atoms with Crippen LogP contribution < -0.4 is 5.32 Å². The summed E-state index contributed by atoms with van der Waals surface area (Å²) in [6.45, 7) is 2.28. The zero-order chi connectivity index (χ0) is 13.2. The minimum atomic E-state index is 0.638. The lowest BCUT2D eigenvalue weighted by Gasteiger charge is -2.27. The summed E-state index contributed by atoms with van der Waals surface area (Å²) in [6.07, 6.45) is 8.18. The number of nitrogens with one attached hydrogen (secondary N) is 1. The smallest absolute Gasteiger partial charge is 0.0659 e. The fraction of sp³-hybridized carbons (Fsp3) is 0.733. The number of thioether (sulfide) groups is 1. The lowest BCUT2D eigenvalue weighted by Crippen LogP contribution is -2.32. The third kappa shape index (κ3) is 3.50. The second-order valence-corrected chi connectivity index (χ2v) is 10.2. The number of rotatable bonds is 4. The van der Waals surface area contributed by atoms with Gasteiger partial charge in [-0.1, -0.05) is 6.92 Å². The summed E-state index contributed by atoms with van der Waals surface area (Å²) in [7, 11) is 0. The summed E-state index contributed by atoms with van der Waals surface area (Å²) in [5.41, 5.74) is 1.62. The molecule has 0 aromatic carbocycles. The van der Waals surface area contributed by atoms with Gasteiger partial charge in [0.1, 0.15) is 0 Å². The van der Waals surface area contributed by atoms with Crippen LogP contribution in [0.5, 0.6) is 0 Å². The molecule has 0 spiro atoms. The third-order valence-corrected chi connectivity index (χ3v) is 7.51. The molecule has 0 saturated heterocycles. The van der Waals surface area contributed by atoms with Gasteiger partial charge < -0.3 is 5.32 Å². The van der Waals surface area contributed by atoms with Gasteiger partial charge in [-0.25, -0.2) is 0 Å². The third-order valence-electron chi connectivity index (χ3n) is 4.31. The van der Waals surface area contributed by atoms with Crippen LogP contribution in [-0.4, -0.2) is 17.0 Å². The molecule has 1 aromatic heterocycles. The zero-order valence-electron chi connectivity index (χ0n) is 11.5. The molecule has 4 heteroatoms. The molecule has 1 aromatic rings. The summed E-state index contributed by atoms with van der Waals surface area (Å²) in [5.74, 6) is 1.27. The molecule has 19 heavy (non-hydrogen) atoms. The standard InChI is InChI=1S/C15H22INS2/c1-2-18-11-7-6-10(8-11)17-13-4-3-5-14-12(13)9-15(16)19-14/h9-11,13,17H,2-8H2,1H3. The molecule has 2 aliphatic rings. The van der Waals surface area contributed by atoms with Crippen LogP contribution in [0.2, 0.25) is 0 Å². The SMILES string of the molecule is CCSC1CCC(NC2CCCc3sc(I)cc32)C1. The molecule has 1 nitrogen and oxygen atoms in total. The second-order valence-electron chi connectivity index (χ2n) is 5.63. The molecular weight excluding hydrogens is 385 g/mol. The number of aryl methyl sites for hydroxylation is 1. The highest BCUT2D eigenvalue weighted by atomic mass is 127. The first-order valence-electron chi connectivity index (χ1n) is 7.42. The average molecular weight is 407 g/mol. The Labute approximate surface area is 138 Å². The number of fused-ring (bicyclic) bond motifs is 1. The van der Waals surface area contributed by atoms with Gasteiger partial charge in [-0.3, -0.25) is 0 Å². The van der Waals surface area contributed by atoms with E-state index in [1.165, 1.54) is 47.2 Å². The van der Waals surface area contributed by atoms with Crippen molar-refractivity contribution < 1.29 is 0 Å². The number of hydrogen-bond donors (Lipinski definition) is 1. The minimum Gasteiger partial charge on any atom is -0.307 e. The molecule has 1 saturated carbocycles. The van der Waals surface area contributed by atoms with Gasteiger partial charge in [-0.15, -0.1) is 11.3 Å². The van der Waals surface area contributed by atoms with Crippen molar-refractivity contribution in [3.8, 4) is 0 Å². The summed E-state index contributed by atoms with van der Waals surface area (Å²) >= 11 is 6.64. The maximum atomic E-state index is 3.97.